The van der Waals surface area contributed by atoms with Gasteiger partial charge in [-0.05, 0) is 59.3 Å². The van der Waals surface area contributed by atoms with E-state index in [4.69, 9.17) is 4.74 Å². The van der Waals surface area contributed by atoms with E-state index in [9.17, 15) is 12.8 Å². The fraction of sp³-hybridized carbons (Fsp3) is 0.0588. The van der Waals surface area contributed by atoms with E-state index in [0.29, 0.717) is 11.4 Å². The molecule has 0 aliphatic heterocycles. The number of halogens is 1. The first kappa shape index (κ1) is 15.3. The van der Waals surface area contributed by atoms with Crippen LogP contribution >= 0.6 is 0 Å². The molecule has 3 rings (SSSR count). The van der Waals surface area contributed by atoms with Crippen LogP contribution in [0.4, 0.5) is 10.1 Å². The average molecular weight is 331 g/mol. The maximum atomic E-state index is 12.9. The molecule has 3 aromatic rings. The molecule has 0 bridgehead atoms. The van der Waals surface area contributed by atoms with Gasteiger partial charge < -0.3 is 4.74 Å². The molecular weight excluding hydrogens is 317 g/mol. The molecule has 0 radical (unpaired) electrons. The molecule has 0 saturated heterocycles. The van der Waals surface area contributed by atoms with E-state index in [2.05, 4.69) is 4.72 Å². The Morgan fingerprint density at radius 3 is 2.26 bits per heavy atom. The van der Waals surface area contributed by atoms with E-state index in [1.165, 1.54) is 30.3 Å². The maximum absolute atomic E-state index is 12.9. The first-order chi connectivity index (χ1) is 11.0. The van der Waals surface area contributed by atoms with Gasteiger partial charge in [0.2, 0.25) is 0 Å². The Morgan fingerprint density at radius 1 is 0.913 bits per heavy atom. The Balaban J connectivity index is 1.96. The van der Waals surface area contributed by atoms with Gasteiger partial charge in [-0.1, -0.05) is 12.1 Å². The van der Waals surface area contributed by atoms with Crippen LogP contribution in [0.3, 0.4) is 0 Å². The van der Waals surface area contributed by atoms with Gasteiger partial charge in [0.15, 0.2) is 0 Å². The Bertz CT molecular complexity index is 953. The van der Waals surface area contributed by atoms with Crippen molar-refractivity contribution < 1.29 is 17.5 Å². The second-order valence-corrected chi connectivity index (χ2v) is 6.67. The third kappa shape index (κ3) is 3.27. The van der Waals surface area contributed by atoms with Crippen molar-refractivity contribution in [2.45, 2.75) is 4.90 Å². The summed E-state index contributed by atoms with van der Waals surface area (Å²) < 4.78 is 45.3. The number of ether oxygens (including phenoxy) is 1. The molecule has 6 heteroatoms. The van der Waals surface area contributed by atoms with Gasteiger partial charge in [-0.15, -0.1) is 0 Å². The molecule has 0 aliphatic rings. The van der Waals surface area contributed by atoms with Gasteiger partial charge in [0, 0.05) is 5.69 Å². The van der Waals surface area contributed by atoms with E-state index in [1.54, 1.807) is 31.4 Å². The molecule has 0 amide bonds. The number of nitrogens with one attached hydrogen (secondary N) is 1. The van der Waals surface area contributed by atoms with E-state index in [1.807, 2.05) is 6.07 Å². The fourth-order valence-corrected chi connectivity index (χ4v) is 3.32. The number of rotatable bonds is 4. The van der Waals surface area contributed by atoms with Gasteiger partial charge in [0.05, 0.1) is 12.0 Å². The summed E-state index contributed by atoms with van der Waals surface area (Å²) in [5.41, 5.74) is 0.307. The van der Waals surface area contributed by atoms with Crippen molar-refractivity contribution in [3.05, 3.63) is 66.5 Å². The van der Waals surface area contributed by atoms with Crippen molar-refractivity contribution in [3.63, 3.8) is 0 Å². The third-order valence-electron chi connectivity index (χ3n) is 3.43. The molecule has 23 heavy (non-hydrogen) atoms. The van der Waals surface area contributed by atoms with Crippen molar-refractivity contribution in [1.29, 1.82) is 0 Å². The van der Waals surface area contributed by atoms with Gasteiger partial charge in [-0.3, -0.25) is 4.72 Å². The lowest BCUT2D eigenvalue weighted by molar-refractivity contribution is 0.415. The molecule has 118 valence electrons. The molecule has 3 aromatic carbocycles. The molecule has 4 nitrogen and oxygen atoms in total. The average Bonchev–Trinajstić information content (AvgIpc) is 2.55. The van der Waals surface area contributed by atoms with Crippen LogP contribution in [0.5, 0.6) is 5.75 Å². The normalized spacial score (nSPS) is 11.4. The summed E-state index contributed by atoms with van der Waals surface area (Å²) in [5.74, 6) is 0.283. The van der Waals surface area contributed by atoms with Crippen molar-refractivity contribution in [2.24, 2.45) is 0 Å². The zero-order chi connectivity index (χ0) is 16.4. The van der Waals surface area contributed by atoms with Crippen LogP contribution in [0.15, 0.2) is 65.6 Å². The second kappa shape index (κ2) is 5.89. The smallest absolute Gasteiger partial charge is 0.261 e. The molecule has 0 heterocycles. The van der Waals surface area contributed by atoms with Crippen molar-refractivity contribution in [2.75, 3.05) is 11.8 Å². The standard InChI is InChI=1S/C17H14FNO3S/c1-22-16-8-2-13-11-17(9-3-12(13)10-16)23(20,21)19-15-6-4-14(18)5-7-15/h2-11,19H,1H3. The number of fused-ring (bicyclic) bond motifs is 1. The Labute approximate surface area is 133 Å². The predicted octanol–water partition coefficient (Wildman–Crippen LogP) is 3.79. The van der Waals surface area contributed by atoms with Gasteiger partial charge in [-0.25, -0.2) is 12.8 Å². The lowest BCUT2D eigenvalue weighted by Gasteiger charge is -2.09. The van der Waals surface area contributed by atoms with Crippen LogP contribution in [-0.4, -0.2) is 15.5 Å². The monoisotopic (exact) mass is 331 g/mol. The number of hydrogen-bond donors (Lipinski definition) is 1. The lowest BCUT2D eigenvalue weighted by Crippen LogP contribution is -2.12. The number of sulfonamides is 1. The molecule has 0 unspecified atom stereocenters. The summed E-state index contributed by atoms with van der Waals surface area (Å²) in [6.45, 7) is 0. The second-order valence-electron chi connectivity index (χ2n) is 4.99. The van der Waals surface area contributed by atoms with Crippen LogP contribution in [0.25, 0.3) is 10.8 Å². The van der Waals surface area contributed by atoms with Gasteiger partial charge in [0.25, 0.3) is 10.0 Å². The number of benzene rings is 3. The number of hydrogen-bond acceptors (Lipinski definition) is 3. The molecule has 0 saturated carbocycles. The van der Waals surface area contributed by atoms with E-state index in [0.717, 1.165) is 10.8 Å². The Hall–Kier alpha value is -2.60. The van der Waals surface area contributed by atoms with Gasteiger partial charge in [0.1, 0.15) is 11.6 Å². The molecular formula is C17H14FNO3S. The fourth-order valence-electron chi connectivity index (χ4n) is 2.23. The highest BCUT2D eigenvalue weighted by Gasteiger charge is 2.14. The minimum absolute atomic E-state index is 0.138. The van der Waals surface area contributed by atoms with E-state index in [-0.39, 0.29) is 4.90 Å². The van der Waals surface area contributed by atoms with E-state index >= 15 is 0 Å². The summed E-state index contributed by atoms with van der Waals surface area (Å²) >= 11 is 0. The molecule has 0 spiro atoms. The van der Waals surface area contributed by atoms with Gasteiger partial charge >= 0.3 is 0 Å². The highest BCUT2D eigenvalue weighted by Crippen LogP contribution is 2.24. The molecule has 0 aliphatic carbocycles. The summed E-state index contributed by atoms with van der Waals surface area (Å²) in [6.07, 6.45) is 0. The zero-order valence-corrected chi connectivity index (χ0v) is 13.1. The highest BCUT2D eigenvalue weighted by atomic mass is 32.2. The van der Waals surface area contributed by atoms with Crippen molar-refractivity contribution in [1.82, 2.24) is 0 Å². The Kier molecular flexibility index (Phi) is 3.92. The largest absolute Gasteiger partial charge is 0.497 e. The first-order valence-electron chi connectivity index (χ1n) is 6.84. The number of anilines is 1. The van der Waals surface area contributed by atoms with Crippen LogP contribution < -0.4 is 9.46 Å². The summed E-state index contributed by atoms with van der Waals surface area (Å²) in [5, 5.41) is 1.66. The molecule has 0 aromatic heterocycles. The lowest BCUT2D eigenvalue weighted by atomic mass is 10.1. The van der Waals surface area contributed by atoms with Crippen LogP contribution in [0.1, 0.15) is 0 Å². The van der Waals surface area contributed by atoms with Gasteiger partial charge in [-0.2, -0.15) is 0 Å². The SMILES string of the molecule is COc1ccc2cc(S(=O)(=O)Nc3ccc(F)cc3)ccc2c1. The minimum Gasteiger partial charge on any atom is -0.497 e. The molecule has 1 N–H and O–H groups in total. The summed E-state index contributed by atoms with van der Waals surface area (Å²) in [6, 6.07) is 15.4. The van der Waals surface area contributed by atoms with Crippen molar-refractivity contribution >= 4 is 26.5 Å². The maximum Gasteiger partial charge on any atom is 0.261 e. The summed E-state index contributed by atoms with van der Waals surface area (Å²) in [7, 11) is -2.16. The van der Waals surface area contributed by atoms with Crippen molar-refractivity contribution in [3.8, 4) is 5.75 Å². The summed E-state index contributed by atoms with van der Waals surface area (Å²) in [4.78, 5) is 0.138. The minimum atomic E-state index is -3.74. The molecule has 0 fully saturated rings. The topological polar surface area (TPSA) is 55.4 Å². The zero-order valence-electron chi connectivity index (χ0n) is 12.3. The van der Waals surface area contributed by atoms with E-state index < -0.39 is 15.8 Å². The third-order valence-corrected chi connectivity index (χ3v) is 4.80. The number of methoxy groups -OCH3 is 1. The quantitative estimate of drug-likeness (QED) is 0.791. The predicted molar refractivity (Wildman–Crippen MR) is 87.7 cm³/mol. The first-order valence-corrected chi connectivity index (χ1v) is 8.32. The van der Waals surface area contributed by atoms with Crippen LogP contribution in [0.2, 0.25) is 0 Å². The molecule has 0 atom stereocenters. The van der Waals surface area contributed by atoms with Crippen LogP contribution in [0, 0.1) is 5.82 Å². The van der Waals surface area contributed by atoms with Crippen LogP contribution in [-0.2, 0) is 10.0 Å². The highest BCUT2D eigenvalue weighted by molar-refractivity contribution is 7.92. The Morgan fingerprint density at radius 2 is 1.57 bits per heavy atom.